The Morgan fingerprint density at radius 2 is 2.17 bits per heavy atom. The maximum Gasteiger partial charge on any atom is 0.350 e. The minimum atomic E-state index is -4.21. The lowest BCUT2D eigenvalue weighted by Gasteiger charge is -2.50. The maximum absolute atomic E-state index is 11.0. The number of ether oxygens (including phenoxy) is 3. The van der Waals surface area contributed by atoms with Gasteiger partial charge in [-0.1, -0.05) is 6.07 Å². The molecule has 2 aromatic rings. The van der Waals surface area contributed by atoms with E-state index in [2.05, 4.69) is 32.3 Å². The Morgan fingerprint density at radius 1 is 1.36 bits per heavy atom. The molecule has 1 aliphatic carbocycles. The molecule has 36 heavy (non-hydrogen) atoms. The SMILES string of the molecule is COc1ccc2c(c1)CCC21CN(c2nc(Cl)nc(NC3CCC(COCP(=O)(O)O)O3)c2C=N)C1. The summed E-state index contributed by atoms with van der Waals surface area (Å²) in [6.07, 6.45) is 3.25. The number of rotatable bonds is 9. The molecule has 2 saturated heterocycles. The van der Waals surface area contributed by atoms with Crippen LogP contribution in [0, 0.1) is 5.41 Å². The molecule has 2 aliphatic heterocycles. The van der Waals surface area contributed by atoms with E-state index in [1.54, 1.807) is 7.11 Å². The summed E-state index contributed by atoms with van der Waals surface area (Å²) in [5.41, 5.74) is 3.26. The zero-order chi connectivity index (χ0) is 25.5. The van der Waals surface area contributed by atoms with Crippen LogP contribution in [0.1, 0.15) is 36.0 Å². The fraction of sp³-hybridized carbons (Fsp3) is 0.522. The van der Waals surface area contributed by atoms with Crippen LogP contribution in [0.2, 0.25) is 5.28 Å². The van der Waals surface area contributed by atoms with Gasteiger partial charge in [-0.15, -0.1) is 0 Å². The monoisotopic (exact) mass is 537 g/mol. The smallest absolute Gasteiger partial charge is 0.350 e. The van der Waals surface area contributed by atoms with E-state index >= 15 is 0 Å². The van der Waals surface area contributed by atoms with Crippen molar-refractivity contribution in [1.82, 2.24) is 9.97 Å². The van der Waals surface area contributed by atoms with E-state index in [-0.39, 0.29) is 23.4 Å². The third kappa shape index (κ3) is 5.09. The quantitative estimate of drug-likeness (QED) is 0.213. The van der Waals surface area contributed by atoms with Crippen molar-refractivity contribution in [1.29, 1.82) is 5.41 Å². The van der Waals surface area contributed by atoms with Gasteiger partial charge in [-0.05, 0) is 60.5 Å². The fourth-order valence-electron chi connectivity index (χ4n) is 5.40. The molecule has 11 nitrogen and oxygen atoms in total. The number of aromatic nitrogens is 2. The molecule has 2 fully saturated rings. The lowest BCUT2D eigenvalue weighted by molar-refractivity contribution is 0.00143. The van der Waals surface area contributed by atoms with Crippen molar-refractivity contribution < 1.29 is 28.6 Å². The van der Waals surface area contributed by atoms with Gasteiger partial charge in [0.05, 0.1) is 25.4 Å². The molecule has 5 rings (SSSR count). The molecule has 0 saturated carbocycles. The second kappa shape index (κ2) is 9.89. The highest BCUT2D eigenvalue weighted by Crippen LogP contribution is 2.48. The van der Waals surface area contributed by atoms with Gasteiger partial charge in [0, 0.05) is 24.7 Å². The normalized spacial score (nSPS) is 22.4. The molecular formula is C23H29ClN5O6P. The molecule has 194 valence electrons. The Labute approximate surface area is 213 Å². The third-order valence-electron chi connectivity index (χ3n) is 7.05. The first kappa shape index (κ1) is 25.4. The van der Waals surface area contributed by atoms with Gasteiger partial charge in [-0.3, -0.25) is 4.57 Å². The van der Waals surface area contributed by atoms with E-state index in [0.29, 0.717) is 30.0 Å². The number of hydrogen-bond acceptors (Lipinski definition) is 9. The zero-order valence-electron chi connectivity index (χ0n) is 19.8. The van der Waals surface area contributed by atoms with E-state index in [1.165, 1.54) is 17.3 Å². The average molecular weight is 538 g/mol. The van der Waals surface area contributed by atoms with Crippen molar-refractivity contribution in [2.45, 2.75) is 43.4 Å². The number of halogens is 1. The van der Waals surface area contributed by atoms with Gasteiger partial charge >= 0.3 is 7.60 Å². The van der Waals surface area contributed by atoms with Crippen LogP contribution in [0.3, 0.4) is 0 Å². The summed E-state index contributed by atoms with van der Waals surface area (Å²) < 4.78 is 27.3. The van der Waals surface area contributed by atoms with E-state index in [4.69, 9.17) is 41.0 Å². The summed E-state index contributed by atoms with van der Waals surface area (Å²) in [7, 11) is -2.54. The van der Waals surface area contributed by atoms with Gasteiger partial charge < -0.3 is 39.6 Å². The lowest BCUT2D eigenvalue weighted by atomic mass is 9.74. The van der Waals surface area contributed by atoms with Crippen molar-refractivity contribution in [2.75, 3.05) is 43.4 Å². The molecule has 0 radical (unpaired) electrons. The predicted molar refractivity (Wildman–Crippen MR) is 135 cm³/mol. The summed E-state index contributed by atoms with van der Waals surface area (Å²) in [5, 5.41) is 11.3. The van der Waals surface area contributed by atoms with Crippen LogP contribution < -0.4 is 15.0 Å². The van der Waals surface area contributed by atoms with Gasteiger partial charge in [-0.25, -0.2) is 0 Å². The Bertz CT molecular complexity index is 1200. The summed E-state index contributed by atoms with van der Waals surface area (Å²) in [6, 6.07) is 6.28. The molecule has 1 aromatic carbocycles. The summed E-state index contributed by atoms with van der Waals surface area (Å²) >= 11 is 6.28. The standard InChI is InChI=1S/C23H29ClN5O6P/c1-33-15-2-4-18-14(8-15)6-7-23(18)11-29(12-23)21-17(9-25)20(27-22(24)28-21)26-19-5-3-16(35-19)10-34-13-36(30,31)32/h2,4,8-9,16,19,25H,3,5-7,10-13H2,1H3,(H,26,27,28)(H2,30,31,32). The van der Waals surface area contributed by atoms with Gasteiger partial charge in [-0.2, -0.15) is 9.97 Å². The predicted octanol–water partition coefficient (Wildman–Crippen LogP) is 2.91. The molecule has 2 atom stereocenters. The Hall–Kier alpha value is -2.27. The van der Waals surface area contributed by atoms with Crippen LogP contribution in [-0.2, 0) is 25.9 Å². The highest BCUT2D eigenvalue weighted by molar-refractivity contribution is 7.51. The third-order valence-corrected chi connectivity index (χ3v) is 7.74. The van der Waals surface area contributed by atoms with Crippen molar-refractivity contribution >= 4 is 37.0 Å². The Balaban J connectivity index is 1.27. The number of fused-ring (bicyclic) bond motifs is 2. The minimum absolute atomic E-state index is 0.0564. The second-order valence-electron chi connectivity index (χ2n) is 9.52. The zero-order valence-corrected chi connectivity index (χ0v) is 21.5. The Kier molecular flexibility index (Phi) is 6.97. The number of benzene rings is 1. The Morgan fingerprint density at radius 3 is 2.89 bits per heavy atom. The fourth-order valence-corrected chi connectivity index (χ4v) is 5.91. The van der Waals surface area contributed by atoms with E-state index in [0.717, 1.165) is 31.7 Å². The number of anilines is 2. The van der Waals surface area contributed by atoms with Gasteiger partial charge in [0.1, 0.15) is 30.0 Å². The molecule has 1 spiro atoms. The van der Waals surface area contributed by atoms with Gasteiger partial charge in [0.15, 0.2) is 0 Å². The van der Waals surface area contributed by atoms with Crippen LogP contribution in [0.25, 0.3) is 0 Å². The topological polar surface area (TPSA) is 150 Å². The first-order chi connectivity index (χ1) is 17.2. The highest BCUT2D eigenvalue weighted by Gasteiger charge is 2.49. The number of hydrogen-bond donors (Lipinski definition) is 4. The van der Waals surface area contributed by atoms with Crippen LogP contribution in [-0.4, -0.2) is 71.5 Å². The first-order valence-electron chi connectivity index (χ1n) is 11.7. The number of methoxy groups -OCH3 is 1. The molecule has 0 amide bonds. The molecule has 0 bridgehead atoms. The number of aryl methyl sites for hydroxylation is 1. The molecule has 13 heteroatoms. The van der Waals surface area contributed by atoms with Crippen LogP contribution >= 0.6 is 19.2 Å². The maximum atomic E-state index is 11.0. The van der Waals surface area contributed by atoms with Crippen LogP contribution in [0.5, 0.6) is 5.75 Å². The van der Waals surface area contributed by atoms with Crippen molar-refractivity contribution in [3.63, 3.8) is 0 Å². The van der Waals surface area contributed by atoms with Crippen molar-refractivity contribution in [2.24, 2.45) is 0 Å². The van der Waals surface area contributed by atoms with E-state index in [9.17, 15) is 4.57 Å². The summed E-state index contributed by atoms with van der Waals surface area (Å²) in [4.78, 5) is 28.8. The van der Waals surface area contributed by atoms with E-state index < -0.39 is 20.2 Å². The molecule has 1 aromatic heterocycles. The average Bonchev–Trinajstić information content (AvgIpc) is 3.41. The minimum Gasteiger partial charge on any atom is -0.497 e. The lowest BCUT2D eigenvalue weighted by Crippen LogP contribution is -2.59. The summed E-state index contributed by atoms with van der Waals surface area (Å²) in [5.74, 6) is 1.90. The van der Waals surface area contributed by atoms with E-state index in [1.807, 2.05) is 6.07 Å². The van der Waals surface area contributed by atoms with Gasteiger partial charge in [0.25, 0.3) is 0 Å². The number of nitrogens with one attached hydrogen (secondary N) is 2. The molecule has 2 unspecified atom stereocenters. The molecular weight excluding hydrogens is 509 g/mol. The number of nitrogens with zero attached hydrogens (tertiary/aromatic N) is 3. The van der Waals surface area contributed by atoms with Crippen molar-refractivity contribution in [3.8, 4) is 5.75 Å². The van der Waals surface area contributed by atoms with Gasteiger partial charge in [0.2, 0.25) is 5.28 Å². The summed E-state index contributed by atoms with van der Waals surface area (Å²) in [6.45, 7) is 1.64. The second-order valence-corrected chi connectivity index (χ2v) is 11.4. The molecule has 3 aliphatic rings. The highest BCUT2D eigenvalue weighted by atomic mass is 35.5. The van der Waals surface area contributed by atoms with Crippen LogP contribution in [0.15, 0.2) is 18.2 Å². The van der Waals surface area contributed by atoms with Crippen LogP contribution in [0.4, 0.5) is 11.6 Å². The first-order valence-corrected chi connectivity index (χ1v) is 13.9. The molecule has 3 heterocycles. The molecule has 4 N–H and O–H groups in total. The largest absolute Gasteiger partial charge is 0.497 e. The van der Waals surface area contributed by atoms with Crippen molar-refractivity contribution in [3.05, 3.63) is 40.2 Å².